The summed E-state index contributed by atoms with van der Waals surface area (Å²) in [6.07, 6.45) is 2.28. The molecule has 1 aliphatic rings. The maximum absolute atomic E-state index is 12.3. The van der Waals surface area contributed by atoms with Gasteiger partial charge in [-0.25, -0.2) is 0 Å². The van der Waals surface area contributed by atoms with Crippen LogP contribution in [0.5, 0.6) is 0 Å². The molecular weight excluding hydrogens is 328 g/mol. The predicted molar refractivity (Wildman–Crippen MR) is 81.7 cm³/mol. The molecule has 0 aliphatic carbocycles. The zero-order valence-electron chi connectivity index (χ0n) is 11.0. The van der Waals surface area contributed by atoms with Crippen LogP contribution in [0.1, 0.15) is 23.2 Å². The van der Waals surface area contributed by atoms with Crippen molar-refractivity contribution in [1.29, 1.82) is 0 Å². The number of hydrogen-bond donors (Lipinski definition) is 1. The summed E-state index contributed by atoms with van der Waals surface area (Å²) in [5.74, 6) is 0.633. The second kappa shape index (κ2) is 6.73. The van der Waals surface area contributed by atoms with Gasteiger partial charge in [0.25, 0.3) is 5.91 Å². The van der Waals surface area contributed by atoms with Gasteiger partial charge in [0.05, 0.1) is 5.02 Å². The second-order valence-electron chi connectivity index (χ2n) is 5.01. The van der Waals surface area contributed by atoms with E-state index in [0.29, 0.717) is 16.5 Å². The fraction of sp³-hybridized carbons (Fsp3) is 0.500. The van der Waals surface area contributed by atoms with Crippen molar-refractivity contribution in [2.75, 3.05) is 26.7 Å². The molecule has 2 rings (SSSR count). The van der Waals surface area contributed by atoms with Gasteiger partial charge in [-0.1, -0.05) is 11.6 Å². The minimum atomic E-state index is 0.0351. The number of carbonyl (C=O) groups is 1. The van der Waals surface area contributed by atoms with Gasteiger partial charge in [-0.2, -0.15) is 0 Å². The summed E-state index contributed by atoms with van der Waals surface area (Å²) in [5, 5.41) is 3.91. The first-order valence-electron chi connectivity index (χ1n) is 6.49. The zero-order valence-corrected chi connectivity index (χ0v) is 13.3. The smallest absolute Gasteiger partial charge is 0.253 e. The molecule has 0 unspecified atom stereocenters. The van der Waals surface area contributed by atoms with Crippen LogP contribution in [0.15, 0.2) is 22.7 Å². The van der Waals surface area contributed by atoms with Gasteiger partial charge in [-0.15, -0.1) is 0 Å². The highest BCUT2D eigenvalue weighted by molar-refractivity contribution is 9.10. The summed E-state index contributed by atoms with van der Waals surface area (Å²) < 4.78 is 0.812. The highest BCUT2D eigenvalue weighted by Crippen LogP contribution is 2.24. The quantitative estimate of drug-likeness (QED) is 0.912. The number of benzene rings is 1. The van der Waals surface area contributed by atoms with E-state index in [1.54, 1.807) is 17.0 Å². The number of hydrogen-bond acceptors (Lipinski definition) is 2. The molecule has 1 amide bonds. The van der Waals surface area contributed by atoms with Crippen molar-refractivity contribution in [3.05, 3.63) is 33.3 Å². The SMILES string of the molecule is CN(CC1CCNCC1)C(=O)c1ccc(Br)c(Cl)c1. The van der Waals surface area contributed by atoms with E-state index in [1.807, 2.05) is 13.1 Å². The molecule has 0 saturated carbocycles. The molecule has 0 bridgehead atoms. The van der Waals surface area contributed by atoms with Gasteiger partial charge >= 0.3 is 0 Å². The Morgan fingerprint density at radius 2 is 2.16 bits per heavy atom. The lowest BCUT2D eigenvalue weighted by Crippen LogP contribution is -2.37. The number of halogens is 2. The Bertz CT molecular complexity index is 461. The average Bonchev–Trinajstić information content (AvgIpc) is 2.42. The summed E-state index contributed by atoms with van der Waals surface area (Å²) in [7, 11) is 1.86. The lowest BCUT2D eigenvalue weighted by atomic mass is 9.97. The number of piperidine rings is 1. The van der Waals surface area contributed by atoms with Gasteiger partial charge < -0.3 is 10.2 Å². The van der Waals surface area contributed by atoms with Crippen LogP contribution in [0.3, 0.4) is 0 Å². The van der Waals surface area contributed by atoms with Crippen LogP contribution in [0.4, 0.5) is 0 Å². The van der Waals surface area contributed by atoms with Gasteiger partial charge in [0.15, 0.2) is 0 Å². The molecule has 3 nitrogen and oxygen atoms in total. The van der Waals surface area contributed by atoms with Crippen molar-refractivity contribution in [2.24, 2.45) is 5.92 Å². The summed E-state index contributed by atoms with van der Waals surface area (Å²) >= 11 is 9.36. The number of carbonyl (C=O) groups excluding carboxylic acids is 1. The third-order valence-corrected chi connectivity index (χ3v) is 4.74. The Kier molecular flexibility index (Phi) is 5.25. The van der Waals surface area contributed by atoms with Crippen molar-refractivity contribution in [2.45, 2.75) is 12.8 Å². The van der Waals surface area contributed by atoms with E-state index in [2.05, 4.69) is 21.2 Å². The topological polar surface area (TPSA) is 32.3 Å². The molecule has 5 heteroatoms. The first-order valence-corrected chi connectivity index (χ1v) is 7.66. The highest BCUT2D eigenvalue weighted by atomic mass is 79.9. The summed E-state index contributed by atoms with van der Waals surface area (Å²) in [6, 6.07) is 5.33. The minimum Gasteiger partial charge on any atom is -0.341 e. The van der Waals surface area contributed by atoms with E-state index >= 15 is 0 Å². The maximum atomic E-state index is 12.3. The van der Waals surface area contributed by atoms with E-state index < -0.39 is 0 Å². The van der Waals surface area contributed by atoms with E-state index in [0.717, 1.165) is 36.9 Å². The minimum absolute atomic E-state index is 0.0351. The lowest BCUT2D eigenvalue weighted by molar-refractivity contribution is 0.0763. The Morgan fingerprint density at radius 3 is 2.79 bits per heavy atom. The van der Waals surface area contributed by atoms with E-state index in [-0.39, 0.29) is 5.91 Å². The molecule has 0 spiro atoms. The molecule has 1 heterocycles. The van der Waals surface area contributed by atoms with Gasteiger partial charge in [0.1, 0.15) is 0 Å². The molecule has 0 aromatic heterocycles. The van der Waals surface area contributed by atoms with E-state index in [9.17, 15) is 4.79 Å². The van der Waals surface area contributed by atoms with Crippen molar-refractivity contribution < 1.29 is 4.79 Å². The zero-order chi connectivity index (χ0) is 13.8. The van der Waals surface area contributed by atoms with Crippen LogP contribution in [0.2, 0.25) is 5.02 Å². The highest BCUT2D eigenvalue weighted by Gasteiger charge is 2.19. The maximum Gasteiger partial charge on any atom is 0.253 e. The van der Waals surface area contributed by atoms with Gasteiger partial charge in [-0.05, 0) is 66.0 Å². The van der Waals surface area contributed by atoms with Crippen molar-refractivity contribution in [3.63, 3.8) is 0 Å². The number of nitrogens with zero attached hydrogens (tertiary/aromatic N) is 1. The van der Waals surface area contributed by atoms with Crippen molar-refractivity contribution in [1.82, 2.24) is 10.2 Å². The van der Waals surface area contributed by atoms with Crippen LogP contribution in [0, 0.1) is 5.92 Å². The fourth-order valence-electron chi connectivity index (χ4n) is 2.38. The molecule has 1 saturated heterocycles. The largest absolute Gasteiger partial charge is 0.341 e. The molecule has 1 N–H and O–H groups in total. The first-order chi connectivity index (χ1) is 9.08. The van der Waals surface area contributed by atoms with Crippen molar-refractivity contribution >= 4 is 33.4 Å². The van der Waals surface area contributed by atoms with Crippen LogP contribution in [-0.2, 0) is 0 Å². The van der Waals surface area contributed by atoms with Gasteiger partial charge in [0, 0.05) is 23.6 Å². The third-order valence-electron chi connectivity index (χ3n) is 3.50. The molecule has 1 aromatic rings. The number of nitrogens with one attached hydrogen (secondary N) is 1. The summed E-state index contributed by atoms with van der Waals surface area (Å²) in [5.41, 5.74) is 0.643. The van der Waals surface area contributed by atoms with Crippen LogP contribution >= 0.6 is 27.5 Å². The van der Waals surface area contributed by atoms with E-state index in [4.69, 9.17) is 11.6 Å². The lowest BCUT2D eigenvalue weighted by Gasteiger charge is -2.27. The van der Waals surface area contributed by atoms with Gasteiger partial charge in [0.2, 0.25) is 0 Å². The standard InChI is InChI=1S/C14H18BrClN2O/c1-18(9-10-4-6-17-7-5-10)14(19)11-2-3-12(15)13(16)8-11/h2-3,8,10,17H,4-7,9H2,1H3. The van der Waals surface area contributed by atoms with Crippen LogP contribution in [0.25, 0.3) is 0 Å². The monoisotopic (exact) mass is 344 g/mol. The summed E-state index contributed by atoms with van der Waals surface area (Å²) in [4.78, 5) is 14.1. The Hall–Kier alpha value is -0.580. The molecule has 104 valence electrons. The second-order valence-corrected chi connectivity index (χ2v) is 6.27. The van der Waals surface area contributed by atoms with E-state index in [1.165, 1.54) is 0 Å². The average molecular weight is 346 g/mol. The molecule has 19 heavy (non-hydrogen) atoms. The third kappa shape index (κ3) is 3.94. The number of amides is 1. The summed E-state index contributed by atoms with van der Waals surface area (Å²) in [6.45, 7) is 2.92. The van der Waals surface area contributed by atoms with Gasteiger partial charge in [-0.3, -0.25) is 4.79 Å². The Balaban J connectivity index is 1.99. The molecule has 1 aromatic carbocycles. The Labute approximate surface area is 127 Å². The van der Waals surface area contributed by atoms with Crippen LogP contribution < -0.4 is 5.32 Å². The molecular formula is C14H18BrClN2O. The molecule has 1 aliphatic heterocycles. The molecule has 0 atom stereocenters. The fourth-order valence-corrected chi connectivity index (χ4v) is 2.81. The molecule has 1 fully saturated rings. The number of rotatable bonds is 3. The molecule has 0 radical (unpaired) electrons. The predicted octanol–water partition coefficient (Wildman–Crippen LogP) is 3.17. The van der Waals surface area contributed by atoms with Crippen LogP contribution in [-0.4, -0.2) is 37.5 Å². The first kappa shape index (κ1) is 14.8. The normalized spacial score (nSPS) is 16.4. The van der Waals surface area contributed by atoms with Crippen molar-refractivity contribution in [3.8, 4) is 0 Å². The Morgan fingerprint density at radius 1 is 1.47 bits per heavy atom.